The van der Waals surface area contributed by atoms with E-state index >= 15 is 0 Å². The Morgan fingerprint density at radius 3 is 2.83 bits per heavy atom. The second-order valence-corrected chi connectivity index (χ2v) is 9.41. The van der Waals surface area contributed by atoms with Gasteiger partial charge in [-0.1, -0.05) is 38.0 Å². The van der Waals surface area contributed by atoms with E-state index in [2.05, 4.69) is 19.9 Å². The topological polar surface area (TPSA) is 37.3 Å². The van der Waals surface area contributed by atoms with Crippen molar-refractivity contribution >= 4 is 5.78 Å². The summed E-state index contributed by atoms with van der Waals surface area (Å²) in [6.45, 7) is 5.11. The minimum Gasteiger partial charge on any atom is -0.392 e. The smallest absolute Gasteiger partial charge is 0.155 e. The first-order valence-corrected chi connectivity index (χ1v) is 9.99. The molecule has 0 aromatic carbocycles. The van der Waals surface area contributed by atoms with Crippen molar-refractivity contribution in [2.45, 2.75) is 65.2 Å². The summed E-state index contributed by atoms with van der Waals surface area (Å²) < 4.78 is 0. The Hall–Kier alpha value is -0.890. The molecule has 0 amide bonds. The minimum absolute atomic E-state index is 0.130. The Balaban J connectivity index is 1.76. The Kier molecular flexibility index (Phi) is 4.03. The summed E-state index contributed by atoms with van der Waals surface area (Å²) in [5, 5.41) is 9.30. The zero-order chi connectivity index (χ0) is 16.9. The number of fused-ring (bicyclic) bond motifs is 5. The molecule has 4 aliphatic rings. The lowest BCUT2D eigenvalue weighted by atomic mass is 9.45. The zero-order valence-electron chi connectivity index (χ0n) is 15.3. The average molecular weight is 328 g/mol. The van der Waals surface area contributed by atoms with Gasteiger partial charge in [0, 0.05) is 6.42 Å². The van der Waals surface area contributed by atoms with E-state index in [-0.39, 0.29) is 12.0 Å². The predicted octanol–water partition coefficient (Wildman–Crippen LogP) is 4.68. The van der Waals surface area contributed by atoms with Crippen molar-refractivity contribution in [1.82, 2.24) is 0 Å². The van der Waals surface area contributed by atoms with E-state index < -0.39 is 0 Å². The second-order valence-electron chi connectivity index (χ2n) is 9.41. The number of aliphatic hydroxyl groups is 1. The van der Waals surface area contributed by atoms with Crippen LogP contribution in [0.1, 0.15) is 65.2 Å². The van der Waals surface area contributed by atoms with E-state index in [9.17, 15) is 9.90 Å². The van der Waals surface area contributed by atoms with Crippen LogP contribution in [-0.4, -0.2) is 17.5 Å². The minimum atomic E-state index is 0.130. The van der Waals surface area contributed by atoms with Gasteiger partial charge in [-0.2, -0.15) is 0 Å². The van der Waals surface area contributed by atoms with Gasteiger partial charge in [-0.15, -0.1) is 0 Å². The van der Waals surface area contributed by atoms with E-state index in [1.54, 1.807) is 0 Å². The van der Waals surface area contributed by atoms with E-state index in [1.807, 2.05) is 12.2 Å². The van der Waals surface area contributed by atoms with Crippen LogP contribution in [0.25, 0.3) is 0 Å². The van der Waals surface area contributed by atoms with Crippen LogP contribution in [0, 0.1) is 34.5 Å². The van der Waals surface area contributed by atoms with Gasteiger partial charge in [0.1, 0.15) is 0 Å². The van der Waals surface area contributed by atoms with Gasteiger partial charge in [0.25, 0.3) is 0 Å². The first kappa shape index (κ1) is 16.6. The van der Waals surface area contributed by atoms with E-state index in [1.165, 1.54) is 37.7 Å². The van der Waals surface area contributed by atoms with Crippen LogP contribution >= 0.6 is 0 Å². The Morgan fingerprint density at radius 1 is 1.21 bits per heavy atom. The largest absolute Gasteiger partial charge is 0.392 e. The molecule has 0 aromatic rings. The van der Waals surface area contributed by atoms with Gasteiger partial charge in [-0.05, 0) is 79.1 Å². The van der Waals surface area contributed by atoms with Crippen molar-refractivity contribution in [3.05, 3.63) is 23.8 Å². The van der Waals surface area contributed by atoms with Crippen LogP contribution in [0.2, 0.25) is 0 Å². The third kappa shape index (κ3) is 2.36. The highest BCUT2D eigenvalue weighted by atomic mass is 16.2. The number of carbonyl (C=O) groups is 1. The molecule has 0 aromatic heterocycles. The van der Waals surface area contributed by atoms with Gasteiger partial charge in [0.2, 0.25) is 0 Å². The molecular formula is C22H32O2. The summed E-state index contributed by atoms with van der Waals surface area (Å²) in [6.07, 6.45) is 15.9. The number of rotatable bonds is 2. The molecule has 0 saturated heterocycles. The maximum absolute atomic E-state index is 12.0. The van der Waals surface area contributed by atoms with Crippen molar-refractivity contribution < 1.29 is 9.90 Å². The normalized spacial score (nSPS) is 48.0. The number of carbonyl (C=O) groups excluding carboxylic acids is 1. The third-order valence-electron chi connectivity index (χ3n) is 8.33. The zero-order valence-corrected chi connectivity index (χ0v) is 15.3. The molecule has 0 bridgehead atoms. The molecule has 4 rings (SSSR count). The molecule has 2 heteroatoms. The highest BCUT2D eigenvalue weighted by Gasteiger charge is 2.58. The quantitative estimate of drug-likeness (QED) is 0.747. The van der Waals surface area contributed by atoms with Gasteiger partial charge in [0.15, 0.2) is 5.78 Å². The highest BCUT2D eigenvalue weighted by molar-refractivity contribution is 5.91. The van der Waals surface area contributed by atoms with Crippen LogP contribution in [0.4, 0.5) is 0 Å². The van der Waals surface area contributed by atoms with Crippen molar-refractivity contribution in [3.8, 4) is 0 Å². The van der Waals surface area contributed by atoms with Crippen LogP contribution < -0.4 is 0 Å². The fraction of sp³-hybridized carbons (Fsp3) is 0.773. The molecule has 24 heavy (non-hydrogen) atoms. The van der Waals surface area contributed by atoms with E-state index in [0.29, 0.717) is 17.1 Å². The third-order valence-corrected chi connectivity index (χ3v) is 8.33. The molecule has 0 spiro atoms. The van der Waals surface area contributed by atoms with E-state index in [4.69, 9.17) is 0 Å². The maximum Gasteiger partial charge on any atom is 0.155 e. The highest BCUT2D eigenvalue weighted by Crippen LogP contribution is 2.66. The molecule has 0 heterocycles. The van der Waals surface area contributed by atoms with Gasteiger partial charge < -0.3 is 5.11 Å². The van der Waals surface area contributed by atoms with Gasteiger partial charge in [-0.25, -0.2) is 0 Å². The van der Waals surface area contributed by atoms with Crippen LogP contribution in [-0.2, 0) is 4.79 Å². The standard InChI is InChI=1S/C22H32O2/c1-21-9-3-6-18(21)20-15(5-4-12-23)13-16-14-17(24)7-11-22(16,2)19(20)8-10-21/h4-5,14-15,18-20,23H,3,6-13H2,1-2H3/t15?,18-,19+,20-,21-,22-/m0/s1. The molecule has 1 unspecified atom stereocenters. The lowest BCUT2D eigenvalue weighted by molar-refractivity contribution is -0.117. The number of aliphatic hydroxyl groups excluding tert-OH is 1. The molecule has 1 N–H and O–H groups in total. The molecule has 2 nitrogen and oxygen atoms in total. The molecule has 6 atom stereocenters. The first-order chi connectivity index (χ1) is 11.5. The SMILES string of the molecule is C[C@@]12CCC[C@H]1[C@@H]1C(C=CCO)CC3=CC(=O)CC[C@]3(C)[C@@H]1CC2. The second kappa shape index (κ2) is 5.83. The Labute approximate surface area is 146 Å². The van der Waals surface area contributed by atoms with Gasteiger partial charge in [0.05, 0.1) is 6.61 Å². The molecule has 4 aliphatic carbocycles. The first-order valence-electron chi connectivity index (χ1n) is 9.99. The van der Waals surface area contributed by atoms with Crippen molar-refractivity contribution in [2.75, 3.05) is 6.61 Å². The fourth-order valence-corrected chi connectivity index (χ4v) is 7.04. The lowest BCUT2D eigenvalue weighted by Crippen LogP contribution is -2.52. The van der Waals surface area contributed by atoms with Crippen LogP contribution in [0.5, 0.6) is 0 Å². The summed E-state index contributed by atoms with van der Waals surface area (Å²) in [5.41, 5.74) is 2.19. The van der Waals surface area contributed by atoms with Crippen molar-refractivity contribution in [2.24, 2.45) is 34.5 Å². The van der Waals surface area contributed by atoms with E-state index in [0.717, 1.165) is 37.0 Å². The lowest BCUT2D eigenvalue weighted by Gasteiger charge is -2.59. The molecule has 0 radical (unpaired) electrons. The van der Waals surface area contributed by atoms with Crippen LogP contribution in [0.3, 0.4) is 0 Å². The fourth-order valence-electron chi connectivity index (χ4n) is 7.04. The summed E-state index contributed by atoms with van der Waals surface area (Å²) >= 11 is 0. The van der Waals surface area contributed by atoms with Gasteiger partial charge in [-0.3, -0.25) is 4.79 Å². The average Bonchev–Trinajstić information content (AvgIpc) is 2.95. The molecule has 0 aliphatic heterocycles. The van der Waals surface area contributed by atoms with Crippen LogP contribution in [0.15, 0.2) is 23.8 Å². The van der Waals surface area contributed by atoms with Crippen molar-refractivity contribution in [3.63, 3.8) is 0 Å². The molecule has 3 fully saturated rings. The Morgan fingerprint density at radius 2 is 2.04 bits per heavy atom. The number of hydrogen-bond acceptors (Lipinski definition) is 2. The summed E-state index contributed by atoms with van der Waals surface area (Å²) in [4.78, 5) is 12.0. The molecule has 3 saturated carbocycles. The summed E-state index contributed by atoms with van der Waals surface area (Å²) in [5.74, 6) is 3.13. The summed E-state index contributed by atoms with van der Waals surface area (Å²) in [6, 6.07) is 0. The number of allylic oxidation sites excluding steroid dienone is 2. The monoisotopic (exact) mass is 328 g/mol. The molecular weight excluding hydrogens is 296 g/mol. The number of ketones is 1. The number of hydrogen-bond donors (Lipinski definition) is 1. The van der Waals surface area contributed by atoms with Gasteiger partial charge >= 0.3 is 0 Å². The summed E-state index contributed by atoms with van der Waals surface area (Å²) in [7, 11) is 0. The molecule has 132 valence electrons. The maximum atomic E-state index is 12.0. The Bertz CT molecular complexity index is 589. The predicted molar refractivity (Wildman–Crippen MR) is 96.4 cm³/mol. The van der Waals surface area contributed by atoms with Crippen molar-refractivity contribution in [1.29, 1.82) is 0 Å².